The standard InChI is InChI=1S/C78H153NO13/c1-3-5-7-9-11-13-15-17-19-21-23-24-25-26-27-28-29-30-31-32-33-34-35-36-37-38-39-40-41-42-43-44-46-48-50-52-54-56-58-60-62-70(83)79-66(67(82)61-59-57-55-53-51-49-47-45-22-20-18-16-14-12-10-8-6-4-2)65-89-77-75(88)73(86)76(69(64-81)91-77)92-78-74(87)72(85)71(84)68(63-80)90-78/h66-69,71-78,80-82,84-88H,3-65H2,1-2H3,(H,79,83). The normalized spacial score (nSPS) is 22.5. The fourth-order valence-corrected chi connectivity index (χ4v) is 14.0. The maximum Gasteiger partial charge on any atom is 0.220 e. The van der Waals surface area contributed by atoms with Gasteiger partial charge in [0.1, 0.15) is 48.8 Å². The molecule has 2 saturated heterocycles. The van der Waals surface area contributed by atoms with Crippen molar-refractivity contribution >= 4 is 5.91 Å². The number of ether oxygens (including phenoxy) is 4. The Kier molecular flexibility index (Phi) is 60.0. The van der Waals surface area contributed by atoms with Gasteiger partial charge in [0, 0.05) is 6.42 Å². The largest absolute Gasteiger partial charge is 0.394 e. The van der Waals surface area contributed by atoms with Crippen LogP contribution in [-0.2, 0) is 23.7 Å². The average molecular weight is 1310 g/mol. The second-order valence-electron chi connectivity index (χ2n) is 28.9. The molecule has 0 aliphatic carbocycles. The first-order valence-corrected chi connectivity index (χ1v) is 40.3. The van der Waals surface area contributed by atoms with Gasteiger partial charge in [-0.05, 0) is 12.8 Å². The van der Waals surface area contributed by atoms with E-state index in [1.807, 2.05) is 0 Å². The number of aliphatic hydroxyl groups excluding tert-OH is 8. The Balaban J connectivity index is 1.53. The number of nitrogens with one attached hydrogen (secondary N) is 1. The van der Waals surface area contributed by atoms with Gasteiger partial charge in [0.05, 0.1) is 32.0 Å². The van der Waals surface area contributed by atoms with Crippen LogP contribution in [0.25, 0.3) is 0 Å². The summed E-state index contributed by atoms with van der Waals surface area (Å²) in [6.07, 6.45) is 61.7. The molecule has 0 bridgehead atoms. The zero-order valence-corrected chi connectivity index (χ0v) is 60.1. The maximum absolute atomic E-state index is 13.4. The number of aliphatic hydroxyl groups is 8. The van der Waals surface area contributed by atoms with Crippen molar-refractivity contribution in [2.45, 2.75) is 473 Å². The summed E-state index contributed by atoms with van der Waals surface area (Å²) in [5.41, 5.74) is 0. The maximum atomic E-state index is 13.4. The second kappa shape index (κ2) is 63.4. The fourth-order valence-electron chi connectivity index (χ4n) is 14.0. The first-order chi connectivity index (χ1) is 45.1. The molecule has 9 N–H and O–H groups in total. The van der Waals surface area contributed by atoms with E-state index >= 15 is 0 Å². The number of rotatable bonds is 69. The lowest BCUT2D eigenvalue weighted by atomic mass is 9.97. The highest BCUT2D eigenvalue weighted by Crippen LogP contribution is 2.31. The van der Waals surface area contributed by atoms with E-state index < -0.39 is 86.8 Å². The van der Waals surface area contributed by atoms with Gasteiger partial charge in [-0.25, -0.2) is 0 Å². The molecule has 0 saturated carbocycles. The van der Waals surface area contributed by atoms with E-state index in [4.69, 9.17) is 18.9 Å². The van der Waals surface area contributed by atoms with Crippen LogP contribution in [0.3, 0.4) is 0 Å². The van der Waals surface area contributed by atoms with Crippen LogP contribution in [0.4, 0.5) is 0 Å². The Morgan fingerprint density at radius 3 is 0.924 bits per heavy atom. The van der Waals surface area contributed by atoms with Crippen LogP contribution in [0.1, 0.15) is 399 Å². The molecule has 0 spiro atoms. The molecule has 0 aromatic carbocycles. The number of hydrogen-bond acceptors (Lipinski definition) is 13. The van der Waals surface area contributed by atoms with Crippen LogP contribution in [0.5, 0.6) is 0 Å². The Hall–Kier alpha value is -1.01. The summed E-state index contributed by atoms with van der Waals surface area (Å²) in [4.78, 5) is 13.4. The van der Waals surface area contributed by atoms with Gasteiger partial charge in [-0.3, -0.25) is 4.79 Å². The van der Waals surface area contributed by atoms with Gasteiger partial charge in [0.2, 0.25) is 5.91 Å². The number of carbonyl (C=O) groups is 1. The molecule has 1 amide bonds. The minimum Gasteiger partial charge on any atom is -0.394 e. The van der Waals surface area contributed by atoms with E-state index in [-0.39, 0.29) is 12.5 Å². The minimum atomic E-state index is -1.78. The van der Waals surface area contributed by atoms with Crippen molar-refractivity contribution < 1.29 is 64.6 Å². The van der Waals surface area contributed by atoms with Crippen molar-refractivity contribution in [3.8, 4) is 0 Å². The molecule has 2 fully saturated rings. The third-order valence-electron chi connectivity index (χ3n) is 20.3. The monoisotopic (exact) mass is 1310 g/mol. The van der Waals surface area contributed by atoms with Crippen LogP contribution in [0.15, 0.2) is 0 Å². The van der Waals surface area contributed by atoms with Gasteiger partial charge >= 0.3 is 0 Å². The second-order valence-corrected chi connectivity index (χ2v) is 28.9. The third kappa shape index (κ3) is 46.3. The van der Waals surface area contributed by atoms with E-state index in [0.29, 0.717) is 12.8 Å². The van der Waals surface area contributed by atoms with Crippen LogP contribution in [0, 0.1) is 0 Å². The molecule has 12 unspecified atom stereocenters. The minimum absolute atomic E-state index is 0.196. The predicted molar refractivity (Wildman–Crippen MR) is 379 cm³/mol. The molecule has 14 nitrogen and oxygen atoms in total. The van der Waals surface area contributed by atoms with Crippen LogP contribution in [0.2, 0.25) is 0 Å². The summed E-state index contributed by atoms with van der Waals surface area (Å²) < 4.78 is 23.0. The van der Waals surface area contributed by atoms with Gasteiger partial charge < -0.3 is 65.1 Å². The number of unbranched alkanes of at least 4 members (excludes halogenated alkanes) is 56. The van der Waals surface area contributed by atoms with E-state index in [1.165, 1.54) is 321 Å². The molecule has 2 aliphatic rings. The molecule has 14 heteroatoms. The third-order valence-corrected chi connectivity index (χ3v) is 20.3. The number of carbonyl (C=O) groups excluding carboxylic acids is 1. The predicted octanol–water partition coefficient (Wildman–Crippen LogP) is 17.9. The van der Waals surface area contributed by atoms with Crippen molar-refractivity contribution in [1.29, 1.82) is 0 Å². The molecular formula is C78H153NO13. The zero-order chi connectivity index (χ0) is 66.6. The molecule has 548 valence electrons. The summed E-state index contributed by atoms with van der Waals surface area (Å²) in [6.45, 7) is 2.93. The lowest BCUT2D eigenvalue weighted by Gasteiger charge is -2.46. The van der Waals surface area contributed by atoms with Gasteiger partial charge in [0.25, 0.3) is 0 Å². The summed E-state index contributed by atoms with van der Waals surface area (Å²) in [7, 11) is 0. The lowest BCUT2D eigenvalue weighted by molar-refractivity contribution is -0.359. The smallest absolute Gasteiger partial charge is 0.220 e. The SMILES string of the molecule is CCCCCCCCCCCCCCCCCCCCCCCCCCCCCCCCCCCCCCCCCCC(=O)NC(COC1OC(CO)C(OC2OC(CO)C(O)C(O)C2O)C(O)C1O)C(O)CCCCCCCCCCCCCCCCCCCC. The van der Waals surface area contributed by atoms with Gasteiger partial charge in [0.15, 0.2) is 12.6 Å². The molecule has 0 radical (unpaired) electrons. The molecule has 2 aliphatic heterocycles. The summed E-state index contributed by atoms with van der Waals surface area (Å²) in [6, 6.07) is -0.825. The molecule has 12 atom stereocenters. The highest BCUT2D eigenvalue weighted by molar-refractivity contribution is 5.76. The first-order valence-electron chi connectivity index (χ1n) is 40.3. The van der Waals surface area contributed by atoms with Crippen molar-refractivity contribution in [2.75, 3.05) is 19.8 Å². The summed E-state index contributed by atoms with van der Waals surface area (Å²) in [5, 5.41) is 87.7. The van der Waals surface area contributed by atoms with Crippen molar-refractivity contribution in [3.05, 3.63) is 0 Å². The van der Waals surface area contributed by atoms with Crippen molar-refractivity contribution in [3.63, 3.8) is 0 Å². The molecule has 92 heavy (non-hydrogen) atoms. The van der Waals surface area contributed by atoms with Gasteiger partial charge in [-0.2, -0.15) is 0 Å². The number of hydrogen-bond donors (Lipinski definition) is 9. The average Bonchev–Trinajstić information content (AvgIpc) is 0.828. The Bertz CT molecular complexity index is 1550. The van der Waals surface area contributed by atoms with Gasteiger partial charge in [-0.1, -0.05) is 380 Å². The zero-order valence-electron chi connectivity index (χ0n) is 60.1. The van der Waals surface area contributed by atoms with Gasteiger partial charge in [-0.15, -0.1) is 0 Å². The Labute approximate surface area is 565 Å². The molecule has 0 aromatic heterocycles. The molecule has 2 rings (SSSR count). The van der Waals surface area contributed by atoms with E-state index in [9.17, 15) is 45.6 Å². The molecular weight excluding hydrogens is 1160 g/mol. The summed E-state index contributed by atoms with van der Waals surface area (Å²) >= 11 is 0. The Morgan fingerprint density at radius 1 is 0.348 bits per heavy atom. The lowest BCUT2D eigenvalue weighted by Crippen LogP contribution is -2.65. The summed E-state index contributed by atoms with van der Waals surface area (Å²) in [5.74, 6) is -0.196. The van der Waals surface area contributed by atoms with Crippen molar-refractivity contribution in [1.82, 2.24) is 5.32 Å². The quantitative estimate of drug-likeness (QED) is 0.0259. The van der Waals surface area contributed by atoms with E-state index in [0.717, 1.165) is 51.4 Å². The topological polar surface area (TPSA) is 228 Å². The van der Waals surface area contributed by atoms with Crippen LogP contribution in [-0.4, -0.2) is 140 Å². The first kappa shape index (κ1) is 87.1. The van der Waals surface area contributed by atoms with E-state index in [2.05, 4.69) is 19.2 Å². The van der Waals surface area contributed by atoms with Crippen LogP contribution >= 0.6 is 0 Å². The Morgan fingerprint density at radius 2 is 0.620 bits per heavy atom. The molecule has 0 aromatic rings. The van der Waals surface area contributed by atoms with E-state index in [1.54, 1.807) is 0 Å². The molecule has 2 heterocycles. The van der Waals surface area contributed by atoms with Crippen molar-refractivity contribution in [2.24, 2.45) is 0 Å². The number of amides is 1. The highest BCUT2D eigenvalue weighted by atomic mass is 16.7. The highest BCUT2D eigenvalue weighted by Gasteiger charge is 2.51. The van der Waals surface area contributed by atoms with Crippen LogP contribution < -0.4 is 5.32 Å². The fraction of sp³-hybridized carbons (Fsp3) is 0.987.